The number of hydrogen-bond acceptors (Lipinski definition) is 4. The van der Waals surface area contributed by atoms with Crippen LogP contribution in [0.15, 0.2) is 18.5 Å². The largest absolute Gasteiger partial charge is 0.465 e. The van der Waals surface area contributed by atoms with Gasteiger partial charge < -0.3 is 14.7 Å². The Kier molecular flexibility index (Phi) is 5.87. The van der Waals surface area contributed by atoms with Gasteiger partial charge in [-0.1, -0.05) is 0 Å². The van der Waals surface area contributed by atoms with Crippen LogP contribution in [0.3, 0.4) is 0 Å². The van der Waals surface area contributed by atoms with Crippen molar-refractivity contribution >= 4 is 6.09 Å². The Bertz CT molecular complexity index is 627. The summed E-state index contributed by atoms with van der Waals surface area (Å²) in [5.41, 5.74) is 1.81. The predicted molar refractivity (Wildman–Crippen MR) is 92.2 cm³/mol. The summed E-state index contributed by atoms with van der Waals surface area (Å²) in [7, 11) is 0. The molecular formula is C19H25N3O3. The van der Waals surface area contributed by atoms with Gasteiger partial charge in [0, 0.05) is 32.1 Å². The summed E-state index contributed by atoms with van der Waals surface area (Å²) in [5, 5.41) is 18.2. The van der Waals surface area contributed by atoms with Crippen LogP contribution in [0.25, 0.3) is 0 Å². The first-order valence-electron chi connectivity index (χ1n) is 9.11. The van der Waals surface area contributed by atoms with Gasteiger partial charge in [-0.05, 0) is 62.0 Å². The number of carbonyl (C=O) groups is 1. The molecule has 25 heavy (non-hydrogen) atoms. The molecule has 1 aliphatic heterocycles. The van der Waals surface area contributed by atoms with Gasteiger partial charge in [-0.3, -0.25) is 4.98 Å². The molecule has 0 spiro atoms. The number of carboxylic acid groups (broad SMARTS) is 1. The molecule has 2 aliphatic rings. The first kappa shape index (κ1) is 17.7. The number of aromatic nitrogens is 1. The van der Waals surface area contributed by atoms with E-state index in [2.05, 4.69) is 11.1 Å². The number of rotatable bonds is 4. The second-order valence-corrected chi connectivity index (χ2v) is 7.09. The van der Waals surface area contributed by atoms with Gasteiger partial charge in [0.1, 0.15) is 6.07 Å². The molecule has 3 rings (SSSR count). The molecule has 1 saturated carbocycles. The highest BCUT2D eigenvalue weighted by Crippen LogP contribution is 2.35. The molecule has 2 heterocycles. The van der Waals surface area contributed by atoms with Crippen molar-refractivity contribution in [1.82, 2.24) is 9.88 Å². The first-order valence-corrected chi connectivity index (χ1v) is 9.11. The summed E-state index contributed by atoms with van der Waals surface area (Å²) < 4.78 is 6.12. The molecule has 1 aromatic rings. The molecule has 0 aromatic carbocycles. The zero-order valence-corrected chi connectivity index (χ0v) is 14.4. The number of hydrogen-bond donors (Lipinski definition) is 1. The molecule has 0 atom stereocenters. The van der Waals surface area contributed by atoms with Crippen molar-refractivity contribution in [3.05, 3.63) is 29.6 Å². The van der Waals surface area contributed by atoms with E-state index >= 15 is 0 Å². The molecule has 1 aliphatic carbocycles. The van der Waals surface area contributed by atoms with Crippen molar-refractivity contribution in [2.45, 2.75) is 50.5 Å². The topological polar surface area (TPSA) is 86.5 Å². The van der Waals surface area contributed by atoms with E-state index < -0.39 is 6.09 Å². The number of nitrogens with zero attached hydrogens (tertiary/aromatic N) is 3. The number of ether oxygens (including phenoxy) is 1. The standard InChI is InChI=1S/C19H25N3O3/c20-11-16-12-21-8-5-18(16)15-1-3-17(4-2-15)25-13-14-6-9-22(10-7-14)19(23)24/h5,8,12,14-15,17H,1-4,6-7,9-10,13H2,(H,23,24)/t15-,17-. The second-order valence-electron chi connectivity index (χ2n) is 7.09. The summed E-state index contributed by atoms with van der Waals surface area (Å²) in [4.78, 5) is 16.5. The molecule has 1 saturated heterocycles. The molecule has 2 fully saturated rings. The molecule has 1 N–H and O–H groups in total. The number of nitriles is 1. The van der Waals surface area contributed by atoms with Crippen molar-refractivity contribution in [3.63, 3.8) is 0 Å². The summed E-state index contributed by atoms with van der Waals surface area (Å²) in [6, 6.07) is 4.22. The quantitative estimate of drug-likeness (QED) is 0.905. The Balaban J connectivity index is 1.41. The van der Waals surface area contributed by atoms with Gasteiger partial charge in [0.25, 0.3) is 0 Å². The average Bonchev–Trinajstić information content (AvgIpc) is 2.67. The van der Waals surface area contributed by atoms with Crippen LogP contribution in [0.1, 0.15) is 55.6 Å². The Morgan fingerprint density at radius 2 is 2.00 bits per heavy atom. The molecule has 1 aromatic heterocycles. The fourth-order valence-electron chi connectivity index (χ4n) is 3.96. The number of pyridine rings is 1. The van der Waals surface area contributed by atoms with Crippen molar-refractivity contribution in [3.8, 4) is 6.07 Å². The summed E-state index contributed by atoms with van der Waals surface area (Å²) in [6.07, 6.45) is 8.81. The van der Waals surface area contributed by atoms with E-state index in [9.17, 15) is 10.1 Å². The molecular weight excluding hydrogens is 318 g/mol. The second kappa shape index (κ2) is 8.30. The Labute approximate surface area is 148 Å². The van der Waals surface area contributed by atoms with Gasteiger partial charge in [0.05, 0.1) is 11.7 Å². The van der Waals surface area contributed by atoms with E-state index in [4.69, 9.17) is 9.84 Å². The molecule has 0 unspecified atom stereocenters. The first-order chi connectivity index (χ1) is 12.2. The predicted octanol–water partition coefficient (Wildman–Crippen LogP) is 3.39. The Hall–Kier alpha value is -2.13. The van der Waals surface area contributed by atoms with Crippen LogP contribution in [0.4, 0.5) is 4.79 Å². The number of piperidine rings is 1. The normalized spacial score (nSPS) is 24.7. The van der Waals surface area contributed by atoms with Crippen molar-refractivity contribution in [2.24, 2.45) is 5.92 Å². The minimum atomic E-state index is -0.814. The minimum Gasteiger partial charge on any atom is -0.465 e. The maximum atomic E-state index is 10.9. The zero-order chi connectivity index (χ0) is 17.6. The van der Waals surface area contributed by atoms with Crippen LogP contribution in [0.5, 0.6) is 0 Å². The van der Waals surface area contributed by atoms with Gasteiger partial charge in [0.2, 0.25) is 0 Å². The van der Waals surface area contributed by atoms with Gasteiger partial charge in [-0.15, -0.1) is 0 Å². The van der Waals surface area contributed by atoms with E-state index in [-0.39, 0.29) is 0 Å². The molecule has 1 amide bonds. The fourth-order valence-corrected chi connectivity index (χ4v) is 3.96. The van der Waals surface area contributed by atoms with E-state index in [0.717, 1.165) is 50.7 Å². The third kappa shape index (κ3) is 4.49. The van der Waals surface area contributed by atoms with Crippen molar-refractivity contribution < 1.29 is 14.6 Å². The van der Waals surface area contributed by atoms with E-state index in [0.29, 0.717) is 36.6 Å². The summed E-state index contributed by atoms with van der Waals surface area (Å²) >= 11 is 0. The highest BCUT2D eigenvalue weighted by atomic mass is 16.5. The van der Waals surface area contributed by atoms with E-state index in [1.807, 2.05) is 6.07 Å². The number of likely N-dealkylation sites (tertiary alicyclic amines) is 1. The molecule has 0 radical (unpaired) electrons. The lowest BCUT2D eigenvalue weighted by Gasteiger charge is -2.33. The SMILES string of the molecule is N#Cc1cnccc1[C@H]1CC[C@H](OCC2CCN(C(=O)O)CC2)CC1. The lowest BCUT2D eigenvalue weighted by atomic mass is 9.81. The van der Waals surface area contributed by atoms with Gasteiger partial charge in [-0.2, -0.15) is 5.26 Å². The molecule has 0 bridgehead atoms. The Morgan fingerprint density at radius 1 is 1.28 bits per heavy atom. The molecule has 6 heteroatoms. The maximum Gasteiger partial charge on any atom is 0.407 e. The summed E-state index contributed by atoms with van der Waals surface area (Å²) in [6.45, 7) is 1.98. The van der Waals surface area contributed by atoms with Crippen LogP contribution < -0.4 is 0 Å². The smallest absolute Gasteiger partial charge is 0.407 e. The van der Waals surface area contributed by atoms with Crippen LogP contribution in [0, 0.1) is 17.2 Å². The lowest BCUT2D eigenvalue weighted by Crippen LogP contribution is -2.39. The lowest BCUT2D eigenvalue weighted by molar-refractivity contribution is -0.00673. The van der Waals surface area contributed by atoms with Gasteiger partial charge in [-0.25, -0.2) is 4.79 Å². The molecule has 134 valence electrons. The summed E-state index contributed by atoms with van der Waals surface area (Å²) in [5.74, 6) is 0.898. The van der Waals surface area contributed by atoms with Crippen LogP contribution >= 0.6 is 0 Å². The van der Waals surface area contributed by atoms with E-state index in [1.54, 1.807) is 12.4 Å². The van der Waals surface area contributed by atoms with Crippen LogP contribution in [0.2, 0.25) is 0 Å². The van der Waals surface area contributed by atoms with E-state index in [1.165, 1.54) is 4.90 Å². The highest BCUT2D eigenvalue weighted by molar-refractivity contribution is 5.64. The monoisotopic (exact) mass is 343 g/mol. The fraction of sp³-hybridized carbons (Fsp3) is 0.632. The third-order valence-electron chi connectivity index (χ3n) is 5.54. The van der Waals surface area contributed by atoms with Gasteiger partial charge in [0.15, 0.2) is 0 Å². The molecule has 6 nitrogen and oxygen atoms in total. The highest BCUT2D eigenvalue weighted by Gasteiger charge is 2.27. The zero-order valence-electron chi connectivity index (χ0n) is 14.4. The van der Waals surface area contributed by atoms with Crippen molar-refractivity contribution in [1.29, 1.82) is 5.26 Å². The minimum absolute atomic E-state index is 0.293. The number of amides is 1. The van der Waals surface area contributed by atoms with Crippen molar-refractivity contribution in [2.75, 3.05) is 19.7 Å². The van der Waals surface area contributed by atoms with Crippen LogP contribution in [-0.4, -0.2) is 46.9 Å². The van der Waals surface area contributed by atoms with Crippen LogP contribution in [-0.2, 0) is 4.74 Å². The Morgan fingerprint density at radius 3 is 2.64 bits per heavy atom. The third-order valence-corrected chi connectivity index (χ3v) is 5.54. The van der Waals surface area contributed by atoms with Gasteiger partial charge >= 0.3 is 6.09 Å². The average molecular weight is 343 g/mol. The maximum absolute atomic E-state index is 10.9.